The van der Waals surface area contributed by atoms with E-state index in [1.807, 2.05) is 87.2 Å². The summed E-state index contributed by atoms with van der Waals surface area (Å²) in [5, 5.41) is 18.3. The summed E-state index contributed by atoms with van der Waals surface area (Å²) in [7, 11) is 1.52. The molecule has 3 aliphatic rings. The number of carbonyl (C=O) groups is 6. The number of likely N-dealkylation sites (tertiary alicyclic amines) is 2. The van der Waals surface area contributed by atoms with Gasteiger partial charge < -0.3 is 54.2 Å². The topological polar surface area (TPSA) is 271 Å². The molecule has 23 nitrogen and oxygen atoms in total. The Balaban J connectivity index is 0.646. The zero-order chi connectivity index (χ0) is 69.1. The summed E-state index contributed by atoms with van der Waals surface area (Å²) in [4.78, 5) is 101. The van der Waals surface area contributed by atoms with Gasteiger partial charge in [0.1, 0.15) is 51.9 Å². The molecule has 24 heteroatoms. The summed E-state index contributed by atoms with van der Waals surface area (Å²) in [6.45, 7) is 18.7. The van der Waals surface area contributed by atoms with Crippen molar-refractivity contribution in [2.75, 3.05) is 71.6 Å². The molecular weight excluding hydrogens is 1250 g/mol. The van der Waals surface area contributed by atoms with Crippen molar-refractivity contribution in [3.63, 3.8) is 0 Å². The number of pyridine rings is 1. The maximum absolute atomic E-state index is 14.6. The van der Waals surface area contributed by atoms with Crippen LogP contribution in [0.4, 0.5) is 15.3 Å². The van der Waals surface area contributed by atoms with Crippen LogP contribution < -0.4 is 25.4 Å². The van der Waals surface area contributed by atoms with Crippen molar-refractivity contribution in [2.24, 2.45) is 5.92 Å². The normalized spacial score (nSPS) is 16.7. The van der Waals surface area contributed by atoms with Crippen molar-refractivity contribution in [2.45, 2.75) is 180 Å². The predicted octanol–water partition coefficient (Wildman–Crippen LogP) is 12.4. The van der Waals surface area contributed by atoms with Crippen LogP contribution in [0.25, 0.3) is 11.4 Å². The molecule has 9 rings (SSSR count). The Kier molecular flexibility index (Phi) is 25.6. The molecule has 5 amide bonds. The maximum Gasteiger partial charge on any atom is 0.410 e. The average Bonchev–Trinajstić information content (AvgIpc) is 1.77. The fourth-order valence-corrected chi connectivity index (χ4v) is 13.2. The molecular formula is C73H97N11O12S. The minimum atomic E-state index is -0.866. The zero-order valence-corrected chi connectivity index (χ0v) is 58.5. The summed E-state index contributed by atoms with van der Waals surface area (Å²) in [5.74, 6) is 1.39. The van der Waals surface area contributed by atoms with Gasteiger partial charge in [-0.15, -0.1) is 11.3 Å². The van der Waals surface area contributed by atoms with Crippen molar-refractivity contribution < 1.29 is 57.2 Å². The molecule has 2 saturated heterocycles. The highest BCUT2D eigenvalue weighted by Crippen LogP contribution is 2.39. The standard InChI is InChI=1S/C73H97N11O12S/c1-49(76-65(87)55-25-16-26-56(45-55)79-73(32-37-83(38-33-73)70(90)96-72(6,7)8)68-78-63(80-81-68)52-30-34-74-35-31-52)53-23-17-27-57(46-53)93-42-15-11-14-39-91-40-20-41-92-43-44-94-58-28-18-24-54(47-58)62(85)60-48-75-66(97-60)59-29-19-36-84(59)67(88)61(51-21-12-10-13-22-51)77-64(86)50(2)82(9)69(89)95-71(3,4)5/h16-18,23-28,30-31,34-35,45-51,59,61,79H,10-15,19-22,29,32-33,36-44H2,1-9H3,(H,76,87)(H,77,86)(H,78,80,81)/t49-,50+,59+,61+/m1/s1. The van der Waals surface area contributed by atoms with E-state index < -0.39 is 40.8 Å². The van der Waals surface area contributed by atoms with E-state index in [-0.39, 0.29) is 41.7 Å². The number of amides is 5. The van der Waals surface area contributed by atoms with Crippen LogP contribution in [0.5, 0.6) is 11.5 Å². The van der Waals surface area contributed by atoms with Gasteiger partial charge in [0.05, 0.1) is 30.2 Å². The fourth-order valence-electron chi connectivity index (χ4n) is 12.2. The fraction of sp³-hybridized carbons (Fsp3) is 0.534. The van der Waals surface area contributed by atoms with E-state index in [0.29, 0.717) is 117 Å². The van der Waals surface area contributed by atoms with Crippen LogP contribution in [-0.2, 0) is 34.1 Å². The maximum atomic E-state index is 14.6. The number of aromatic amines is 1. The quantitative estimate of drug-likeness (QED) is 0.0241. The van der Waals surface area contributed by atoms with E-state index in [0.717, 1.165) is 86.8 Å². The van der Waals surface area contributed by atoms with Crippen LogP contribution in [0.2, 0.25) is 0 Å². The van der Waals surface area contributed by atoms with Gasteiger partial charge in [-0.05, 0) is 186 Å². The Morgan fingerprint density at radius 3 is 2.12 bits per heavy atom. The number of ketones is 1. The number of nitrogens with one attached hydrogen (secondary N) is 4. The number of thiazole rings is 1. The monoisotopic (exact) mass is 1350 g/mol. The summed E-state index contributed by atoms with van der Waals surface area (Å²) in [5.41, 5.74) is 1.31. The van der Waals surface area contributed by atoms with Crippen LogP contribution in [0.3, 0.4) is 0 Å². The van der Waals surface area contributed by atoms with E-state index in [2.05, 4.69) is 36.1 Å². The SMILES string of the molecule is C[C@@H](NC(=O)c1cccc(NC2(c3nc(-c4ccncc4)n[nH]3)CCN(C(=O)OC(C)(C)C)CC2)c1)c1cccc(OCCCCCOCCCOCCOc2cccc(C(=O)c3cnc([C@@H]4CCCN4C(=O)[C@@H](NC(=O)[C@H](C)N(C)C(=O)OC(C)(C)C)C4CCCCC4)s3)c2)c1. The van der Waals surface area contributed by atoms with E-state index in [4.69, 9.17) is 33.4 Å². The number of rotatable bonds is 30. The molecule has 4 atom stereocenters. The number of carbonyl (C=O) groups excluding carboxylic acids is 6. The third-order valence-electron chi connectivity index (χ3n) is 17.6. The van der Waals surface area contributed by atoms with Gasteiger partial charge in [-0.25, -0.2) is 19.6 Å². The largest absolute Gasteiger partial charge is 0.494 e. The summed E-state index contributed by atoms with van der Waals surface area (Å²) < 4.78 is 35.0. The van der Waals surface area contributed by atoms with Crippen LogP contribution in [0, 0.1) is 5.92 Å². The molecule has 6 aromatic rings. The molecule has 2 aliphatic heterocycles. The van der Waals surface area contributed by atoms with Gasteiger partial charge >= 0.3 is 12.2 Å². The molecule has 0 radical (unpaired) electrons. The van der Waals surface area contributed by atoms with Gasteiger partial charge in [0.2, 0.25) is 17.6 Å². The number of H-pyrrole nitrogens is 1. The summed E-state index contributed by atoms with van der Waals surface area (Å²) >= 11 is 1.28. The van der Waals surface area contributed by atoms with Crippen LogP contribution in [-0.4, -0.2) is 165 Å². The molecule has 522 valence electrons. The molecule has 1 aliphatic carbocycles. The first-order valence-electron chi connectivity index (χ1n) is 34.2. The Morgan fingerprint density at radius 2 is 1.38 bits per heavy atom. The Hall–Kier alpha value is -8.48. The Labute approximate surface area is 573 Å². The van der Waals surface area contributed by atoms with Crippen molar-refractivity contribution in [1.82, 2.24) is 50.5 Å². The highest BCUT2D eigenvalue weighted by Gasteiger charge is 2.43. The lowest BCUT2D eigenvalue weighted by Gasteiger charge is -2.41. The highest BCUT2D eigenvalue weighted by molar-refractivity contribution is 7.14. The van der Waals surface area contributed by atoms with Crippen LogP contribution in [0.15, 0.2) is 104 Å². The first-order chi connectivity index (χ1) is 46.5. The minimum absolute atomic E-state index is 0.0395. The number of anilines is 1. The minimum Gasteiger partial charge on any atom is -0.494 e. The second kappa shape index (κ2) is 34.1. The number of ether oxygens (including phenoxy) is 6. The molecule has 1 saturated carbocycles. The number of likely N-dealkylation sites (N-methyl/N-ethyl adjacent to an activating group) is 1. The van der Waals surface area contributed by atoms with Crippen molar-refractivity contribution >= 4 is 52.7 Å². The van der Waals surface area contributed by atoms with Gasteiger partial charge in [0, 0.05) is 87.5 Å². The van der Waals surface area contributed by atoms with Gasteiger partial charge in [-0.2, -0.15) is 5.10 Å². The molecule has 5 heterocycles. The number of nitrogens with zero attached hydrogens (tertiary/aromatic N) is 7. The smallest absolute Gasteiger partial charge is 0.410 e. The second-order valence-corrected chi connectivity index (χ2v) is 28.4. The second-order valence-electron chi connectivity index (χ2n) is 27.4. The van der Waals surface area contributed by atoms with Crippen molar-refractivity contribution in [1.29, 1.82) is 0 Å². The lowest BCUT2D eigenvalue weighted by atomic mass is 9.83. The summed E-state index contributed by atoms with van der Waals surface area (Å²) in [6, 6.07) is 23.7. The van der Waals surface area contributed by atoms with Gasteiger partial charge in [0.25, 0.3) is 5.91 Å². The molecule has 0 bridgehead atoms. The van der Waals surface area contributed by atoms with Crippen molar-refractivity contribution in [3.8, 4) is 22.9 Å². The van der Waals surface area contributed by atoms with Crippen molar-refractivity contribution in [3.05, 3.63) is 136 Å². The summed E-state index contributed by atoms with van der Waals surface area (Å²) in [6.07, 6.45) is 14.5. The molecule has 4 N–H and O–H groups in total. The van der Waals surface area contributed by atoms with Gasteiger partial charge in [-0.1, -0.05) is 49.6 Å². The Morgan fingerprint density at radius 1 is 0.711 bits per heavy atom. The van der Waals surface area contributed by atoms with Gasteiger partial charge in [-0.3, -0.25) is 34.2 Å². The molecule has 3 aromatic heterocycles. The lowest BCUT2D eigenvalue weighted by Crippen LogP contribution is -2.56. The Bertz CT molecular complexity index is 3580. The van der Waals surface area contributed by atoms with E-state index in [1.165, 1.54) is 23.3 Å². The third kappa shape index (κ3) is 20.8. The number of benzene rings is 3. The molecule has 0 unspecified atom stereocenters. The average molecular weight is 1350 g/mol. The number of piperidine rings is 1. The van der Waals surface area contributed by atoms with Crippen LogP contribution >= 0.6 is 11.3 Å². The first-order valence-corrected chi connectivity index (χ1v) is 35.0. The number of hydrogen-bond donors (Lipinski definition) is 4. The van der Waals surface area contributed by atoms with E-state index in [9.17, 15) is 28.8 Å². The zero-order valence-electron chi connectivity index (χ0n) is 57.7. The van der Waals surface area contributed by atoms with Gasteiger partial charge in [0.15, 0.2) is 11.6 Å². The highest BCUT2D eigenvalue weighted by atomic mass is 32.1. The third-order valence-corrected chi connectivity index (χ3v) is 18.7. The lowest BCUT2D eigenvalue weighted by molar-refractivity contribution is -0.140. The molecule has 97 heavy (non-hydrogen) atoms. The van der Waals surface area contributed by atoms with Crippen LogP contribution in [0.1, 0.15) is 193 Å². The number of hydrogen-bond acceptors (Lipinski definition) is 18. The number of unbranched alkanes of at least 4 members (excludes halogenated alkanes) is 2. The first kappa shape index (κ1) is 72.8. The molecule has 0 spiro atoms. The van der Waals surface area contributed by atoms with E-state index in [1.54, 1.807) is 81.5 Å². The van der Waals surface area contributed by atoms with E-state index >= 15 is 0 Å². The number of aromatic nitrogens is 5. The molecule has 3 aromatic carbocycles. The molecule has 3 fully saturated rings. The predicted molar refractivity (Wildman–Crippen MR) is 369 cm³/mol.